The van der Waals surface area contributed by atoms with Crippen LogP contribution >= 0.6 is 0 Å². The molecule has 6 heteroatoms. The molecule has 1 saturated heterocycles. The molecule has 5 nitrogen and oxygen atoms in total. The Kier molecular flexibility index (Phi) is 5.45. The molecule has 2 aromatic rings. The highest BCUT2D eigenvalue weighted by Crippen LogP contribution is 2.28. The molecule has 0 bridgehead atoms. The number of nitrogens with zero attached hydrogens (tertiary/aromatic N) is 2. The van der Waals surface area contributed by atoms with Crippen molar-refractivity contribution in [2.45, 2.75) is 25.6 Å². The molecule has 2 unspecified atom stereocenters. The monoisotopic (exact) mass is 392 g/mol. The first-order valence-corrected chi connectivity index (χ1v) is 9.96. The Bertz CT molecular complexity index is 926. The van der Waals surface area contributed by atoms with Gasteiger partial charge in [0, 0.05) is 37.2 Å². The third-order valence-electron chi connectivity index (χ3n) is 5.51. The molecule has 4 rings (SSSR count). The average Bonchev–Trinajstić information content (AvgIpc) is 2.75. The summed E-state index contributed by atoms with van der Waals surface area (Å²) < 4.78 is 13.3. The van der Waals surface area contributed by atoms with E-state index < -0.39 is 5.79 Å². The van der Waals surface area contributed by atoms with Gasteiger partial charge in [-0.3, -0.25) is 14.7 Å². The molecule has 3 heterocycles. The van der Waals surface area contributed by atoms with E-state index in [2.05, 4.69) is 33.5 Å². The Balaban J connectivity index is 1.70. The molecular formula is C23H25FN4O. The Morgan fingerprint density at radius 3 is 2.72 bits per heavy atom. The van der Waals surface area contributed by atoms with Crippen LogP contribution in [0, 0.1) is 11.7 Å². The van der Waals surface area contributed by atoms with Crippen molar-refractivity contribution in [3.63, 3.8) is 0 Å². The minimum atomic E-state index is -0.854. The number of carbonyl (C=O) groups is 1. The first-order chi connectivity index (χ1) is 14.1. The number of aromatic nitrogens is 1. The summed E-state index contributed by atoms with van der Waals surface area (Å²) in [6.07, 6.45) is 11.7. The summed E-state index contributed by atoms with van der Waals surface area (Å²) in [5, 5.41) is 6.55. The highest BCUT2D eigenvalue weighted by molar-refractivity contribution is 5.95. The fourth-order valence-corrected chi connectivity index (χ4v) is 3.99. The van der Waals surface area contributed by atoms with Crippen molar-refractivity contribution in [2.24, 2.45) is 5.92 Å². The molecule has 0 spiro atoms. The average molecular weight is 392 g/mol. The van der Waals surface area contributed by atoms with Gasteiger partial charge in [-0.05, 0) is 78.4 Å². The van der Waals surface area contributed by atoms with Crippen LogP contribution in [0.3, 0.4) is 0 Å². The number of likely N-dealkylation sites (tertiary alicyclic amines) is 1. The predicted octanol–water partition coefficient (Wildman–Crippen LogP) is 3.54. The van der Waals surface area contributed by atoms with Gasteiger partial charge in [0.05, 0.1) is 0 Å². The van der Waals surface area contributed by atoms with Gasteiger partial charge < -0.3 is 10.6 Å². The van der Waals surface area contributed by atoms with Crippen molar-refractivity contribution < 1.29 is 9.18 Å². The molecule has 2 N–H and O–H groups in total. The van der Waals surface area contributed by atoms with Crippen LogP contribution in [0.4, 0.5) is 4.39 Å². The Hall–Kier alpha value is -2.99. The molecule has 1 amide bonds. The molecule has 1 fully saturated rings. The van der Waals surface area contributed by atoms with Gasteiger partial charge in [-0.2, -0.15) is 0 Å². The number of benzene rings is 1. The summed E-state index contributed by atoms with van der Waals surface area (Å²) >= 11 is 0. The standard InChI is InChI=1S/C23H25FN4O/c1-17-3-2-14-28(16-17)23(27-22(29)19-4-6-21(24)7-5-19)15-20(10-13-26-23)18-8-11-25-12-9-18/h4-13,15,17,26H,2-3,14,16H2,1H3,(H,27,29). The molecule has 0 aliphatic carbocycles. The van der Waals surface area contributed by atoms with Gasteiger partial charge in [-0.1, -0.05) is 6.92 Å². The van der Waals surface area contributed by atoms with Crippen molar-refractivity contribution >= 4 is 11.5 Å². The molecule has 1 aromatic heterocycles. The second-order valence-electron chi connectivity index (χ2n) is 7.73. The normalized spacial score (nSPS) is 24.5. The van der Waals surface area contributed by atoms with Crippen LogP contribution in [-0.4, -0.2) is 34.7 Å². The SMILES string of the molecule is CC1CCCN(C2(NC(=O)c3ccc(F)cc3)C=C(c3ccncc3)C=CN2)C1. The largest absolute Gasteiger partial charge is 0.353 e. The van der Waals surface area contributed by atoms with Crippen LogP contribution in [0.25, 0.3) is 5.57 Å². The number of dihydropyridines is 1. The van der Waals surface area contributed by atoms with E-state index >= 15 is 0 Å². The molecular weight excluding hydrogens is 367 g/mol. The summed E-state index contributed by atoms with van der Waals surface area (Å²) in [6, 6.07) is 9.51. The van der Waals surface area contributed by atoms with Gasteiger partial charge in [0.15, 0.2) is 5.79 Å². The van der Waals surface area contributed by atoms with Crippen molar-refractivity contribution in [1.82, 2.24) is 20.5 Å². The van der Waals surface area contributed by atoms with Gasteiger partial charge >= 0.3 is 0 Å². The van der Waals surface area contributed by atoms with Crippen molar-refractivity contribution in [1.29, 1.82) is 0 Å². The Morgan fingerprint density at radius 2 is 2.00 bits per heavy atom. The van der Waals surface area contributed by atoms with Gasteiger partial charge in [0.2, 0.25) is 0 Å². The van der Waals surface area contributed by atoms with E-state index in [4.69, 9.17) is 0 Å². The van der Waals surface area contributed by atoms with Crippen LogP contribution in [0.1, 0.15) is 35.7 Å². The number of rotatable bonds is 4. The van der Waals surface area contributed by atoms with Crippen molar-refractivity contribution in [2.75, 3.05) is 13.1 Å². The topological polar surface area (TPSA) is 57.3 Å². The van der Waals surface area contributed by atoms with E-state index in [9.17, 15) is 9.18 Å². The quantitative estimate of drug-likeness (QED) is 0.836. The number of nitrogens with one attached hydrogen (secondary N) is 2. The first-order valence-electron chi connectivity index (χ1n) is 9.96. The lowest BCUT2D eigenvalue weighted by Crippen LogP contribution is -2.68. The summed E-state index contributed by atoms with van der Waals surface area (Å²) in [5.41, 5.74) is 2.46. The zero-order chi connectivity index (χ0) is 20.3. The summed E-state index contributed by atoms with van der Waals surface area (Å²) in [4.78, 5) is 19.4. The third-order valence-corrected chi connectivity index (χ3v) is 5.51. The molecule has 2 aliphatic heterocycles. The minimum absolute atomic E-state index is 0.253. The molecule has 150 valence electrons. The number of hydrogen-bond donors (Lipinski definition) is 2. The first kappa shape index (κ1) is 19.3. The van der Waals surface area contributed by atoms with Crippen LogP contribution in [0.2, 0.25) is 0 Å². The maximum Gasteiger partial charge on any atom is 0.254 e. The molecule has 29 heavy (non-hydrogen) atoms. The van der Waals surface area contributed by atoms with Crippen LogP contribution in [0.5, 0.6) is 0 Å². The molecule has 1 aromatic carbocycles. The fraction of sp³-hybridized carbons (Fsp3) is 0.304. The second kappa shape index (κ2) is 8.17. The fourth-order valence-electron chi connectivity index (χ4n) is 3.99. The second-order valence-corrected chi connectivity index (χ2v) is 7.73. The number of allylic oxidation sites excluding steroid dienone is 2. The number of pyridine rings is 1. The Morgan fingerprint density at radius 1 is 1.24 bits per heavy atom. The maximum atomic E-state index is 13.3. The lowest BCUT2D eigenvalue weighted by atomic mass is 9.95. The van der Waals surface area contributed by atoms with Crippen LogP contribution in [0.15, 0.2) is 67.1 Å². The maximum absolute atomic E-state index is 13.3. The Labute approximate surface area is 170 Å². The number of amides is 1. The summed E-state index contributed by atoms with van der Waals surface area (Å²) in [7, 11) is 0. The van der Waals surface area contributed by atoms with Gasteiger partial charge in [-0.15, -0.1) is 0 Å². The van der Waals surface area contributed by atoms with Gasteiger partial charge in [-0.25, -0.2) is 4.39 Å². The molecule has 2 aliphatic rings. The molecule has 0 saturated carbocycles. The lowest BCUT2D eigenvalue weighted by molar-refractivity contribution is 0.0346. The van der Waals surface area contributed by atoms with E-state index in [1.807, 2.05) is 24.4 Å². The zero-order valence-corrected chi connectivity index (χ0v) is 16.4. The molecule has 0 radical (unpaired) electrons. The zero-order valence-electron chi connectivity index (χ0n) is 16.4. The van der Waals surface area contributed by atoms with Crippen molar-refractivity contribution in [3.05, 3.63) is 84.1 Å². The number of piperidine rings is 1. The smallest absolute Gasteiger partial charge is 0.254 e. The number of halogens is 1. The predicted molar refractivity (Wildman–Crippen MR) is 111 cm³/mol. The number of carbonyl (C=O) groups excluding carboxylic acids is 1. The number of hydrogen-bond acceptors (Lipinski definition) is 4. The van der Waals surface area contributed by atoms with E-state index in [-0.39, 0.29) is 11.7 Å². The van der Waals surface area contributed by atoms with E-state index in [1.165, 1.54) is 30.7 Å². The minimum Gasteiger partial charge on any atom is -0.353 e. The van der Waals surface area contributed by atoms with Gasteiger partial charge in [0.1, 0.15) is 5.82 Å². The van der Waals surface area contributed by atoms with Gasteiger partial charge in [0.25, 0.3) is 5.91 Å². The summed E-state index contributed by atoms with van der Waals surface area (Å²) in [5.74, 6) is -0.932. The van der Waals surface area contributed by atoms with E-state index in [0.717, 1.165) is 30.6 Å². The van der Waals surface area contributed by atoms with Crippen molar-refractivity contribution in [3.8, 4) is 0 Å². The molecule has 2 atom stereocenters. The summed E-state index contributed by atoms with van der Waals surface area (Å²) in [6.45, 7) is 3.97. The highest BCUT2D eigenvalue weighted by atomic mass is 19.1. The lowest BCUT2D eigenvalue weighted by Gasteiger charge is -2.47. The third kappa shape index (κ3) is 4.22. The van der Waals surface area contributed by atoms with E-state index in [1.54, 1.807) is 12.4 Å². The van der Waals surface area contributed by atoms with E-state index in [0.29, 0.717) is 11.5 Å². The highest BCUT2D eigenvalue weighted by Gasteiger charge is 2.39. The van der Waals surface area contributed by atoms with Crippen LogP contribution < -0.4 is 10.6 Å². The van der Waals surface area contributed by atoms with Crippen LogP contribution in [-0.2, 0) is 0 Å².